The fourth-order valence-corrected chi connectivity index (χ4v) is 1.79. The molecule has 17 heavy (non-hydrogen) atoms. The van der Waals surface area contributed by atoms with Crippen LogP contribution in [0.3, 0.4) is 0 Å². The van der Waals surface area contributed by atoms with Crippen LogP contribution < -0.4 is 5.32 Å². The van der Waals surface area contributed by atoms with Gasteiger partial charge in [-0.1, -0.05) is 6.92 Å². The third kappa shape index (κ3) is 3.47. The average molecular weight is 232 g/mol. The Morgan fingerprint density at radius 3 is 2.65 bits per heavy atom. The molecule has 0 aliphatic rings. The molecule has 1 unspecified atom stereocenters. The second-order valence-corrected chi connectivity index (χ2v) is 4.65. The molecule has 0 spiro atoms. The molecule has 0 aromatic heterocycles. The summed E-state index contributed by atoms with van der Waals surface area (Å²) in [7, 11) is 0. The lowest BCUT2D eigenvalue weighted by Crippen LogP contribution is -2.35. The minimum absolute atomic E-state index is 0.102. The number of aliphatic hydroxyl groups excluding tert-OH is 1. The van der Waals surface area contributed by atoms with Gasteiger partial charge in [-0.15, -0.1) is 0 Å². The average Bonchev–Trinajstić information content (AvgIpc) is 2.29. The summed E-state index contributed by atoms with van der Waals surface area (Å²) in [6, 6.07) is 7.87. The lowest BCUT2D eigenvalue weighted by atomic mass is 9.94. The SMILES string of the molecule is CCC(C)(CCO)Nc1ccc(C#N)c(C)c1. The van der Waals surface area contributed by atoms with Gasteiger partial charge in [0, 0.05) is 17.8 Å². The quantitative estimate of drug-likeness (QED) is 0.820. The standard InChI is InChI=1S/C14H20N2O/c1-4-14(3,7-8-17)16-13-6-5-12(10-15)11(2)9-13/h5-6,9,16-17H,4,7-8H2,1-3H3. The summed E-state index contributed by atoms with van der Waals surface area (Å²) in [6.07, 6.45) is 1.65. The fourth-order valence-electron chi connectivity index (χ4n) is 1.79. The summed E-state index contributed by atoms with van der Waals surface area (Å²) in [5.74, 6) is 0. The molecule has 0 heterocycles. The molecule has 0 saturated heterocycles. The zero-order valence-corrected chi connectivity index (χ0v) is 10.7. The third-order valence-electron chi connectivity index (χ3n) is 3.24. The summed E-state index contributed by atoms with van der Waals surface area (Å²) in [4.78, 5) is 0. The van der Waals surface area contributed by atoms with Gasteiger partial charge in [0.1, 0.15) is 0 Å². The predicted molar refractivity (Wildman–Crippen MR) is 69.9 cm³/mol. The van der Waals surface area contributed by atoms with E-state index in [-0.39, 0.29) is 12.1 Å². The van der Waals surface area contributed by atoms with Crippen LogP contribution in [-0.4, -0.2) is 17.3 Å². The molecule has 1 rings (SSSR count). The minimum Gasteiger partial charge on any atom is -0.396 e. The van der Waals surface area contributed by atoms with Crippen molar-refractivity contribution in [3.05, 3.63) is 29.3 Å². The Hall–Kier alpha value is -1.53. The van der Waals surface area contributed by atoms with Crippen LogP contribution >= 0.6 is 0 Å². The summed E-state index contributed by atoms with van der Waals surface area (Å²) < 4.78 is 0. The molecule has 1 aromatic rings. The molecule has 3 nitrogen and oxygen atoms in total. The van der Waals surface area contributed by atoms with Crippen LogP contribution in [0.1, 0.15) is 37.8 Å². The first-order valence-electron chi connectivity index (χ1n) is 5.94. The van der Waals surface area contributed by atoms with E-state index in [1.54, 1.807) is 0 Å². The summed E-state index contributed by atoms with van der Waals surface area (Å²) in [6.45, 7) is 6.29. The van der Waals surface area contributed by atoms with Crippen molar-refractivity contribution in [2.45, 2.75) is 39.2 Å². The molecular formula is C14H20N2O. The van der Waals surface area contributed by atoms with Crippen molar-refractivity contribution in [3.8, 4) is 6.07 Å². The zero-order valence-electron chi connectivity index (χ0n) is 10.7. The van der Waals surface area contributed by atoms with E-state index in [0.717, 1.165) is 17.7 Å². The number of hydrogen-bond donors (Lipinski definition) is 2. The number of aryl methyl sites for hydroxylation is 1. The number of nitrogens with zero attached hydrogens (tertiary/aromatic N) is 1. The van der Waals surface area contributed by atoms with Gasteiger partial charge in [-0.05, 0) is 50.5 Å². The number of nitriles is 1. The zero-order chi connectivity index (χ0) is 12.9. The summed E-state index contributed by atoms with van der Waals surface area (Å²) in [5, 5.41) is 21.4. The van der Waals surface area contributed by atoms with Gasteiger partial charge >= 0.3 is 0 Å². The van der Waals surface area contributed by atoms with Gasteiger partial charge in [-0.3, -0.25) is 0 Å². The maximum absolute atomic E-state index is 9.06. The second-order valence-electron chi connectivity index (χ2n) is 4.65. The Balaban J connectivity index is 2.88. The van der Waals surface area contributed by atoms with E-state index < -0.39 is 0 Å². The van der Waals surface area contributed by atoms with E-state index in [2.05, 4.69) is 25.2 Å². The van der Waals surface area contributed by atoms with Crippen LogP contribution in [0.15, 0.2) is 18.2 Å². The van der Waals surface area contributed by atoms with Crippen molar-refractivity contribution >= 4 is 5.69 Å². The van der Waals surface area contributed by atoms with Crippen molar-refractivity contribution < 1.29 is 5.11 Å². The first-order chi connectivity index (χ1) is 8.04. The number of benzene rings is 1. The molecular weight excluding hydrogens is 212 g/mol. The highest BCUT2D eigenvalue weighted by molar-refractivity contribution is 5.52. The number of nitrogens with one attached hydrogen (secondary N) is 1. The number of anilines is 1. The monoisotopic (exact) mass is 232 g/mol. The molecule has 92 valence electrons. The first-order valence-corrected chi connectivity index (χ1v) is 5.94. The molecule has 1 aromatic carbocycles. The Labute approximate surface area is 103 Å². The highest BCUT2D eigenvalue weighted by Gasteiger charge is 2.20. The van der Waals surface area contributed by atoms with Crippen molar-refractivity contribution in [2.24, 2.45) is 0 Å². The number of hydrogen-bond acceptors (Lipinski definition) is 3. The van der Waals surface area contributed by atoms with Gasteiger partial charge in [0.05, 0.1) is 11.6 Å². The van der Waals surface area contributed by atoms with Crippen LogP contribution in [0, 0.1) is 18.3 Å². The Morgan fingerprint density at radius 2 is 2.18 bits per heavy atom. The topological polar surface area (TPSA) is 56.0 Å². The summed E-state index contributed by atoms with van der Waals surface area (Å²) in [5.41, 5.74) is 2.57. The molecule has 2 N–H and O–H groups in total. The van der Waals surface area contributed by atoms with Crippen LogP contribution in [0.2, 0.25) is 0 Å². The molecule has 0 saturated carbocycles. The Morgan fingerprint density at radius 1 is 1.47 bits per heavy atom. The molecule has 0 aliphatic heterocycles. The van der Waals surface area contributed by atoms with Crippen LogP contribution in [-0.2, 0) is 0 Å². The number of rotatable bonds is 5. The first kappa shape index (κ1) is 13.5. The normalized spacial score (nSPS) is 13.8. The maximum atomic E-state index is 9.06. The van der Waals surface area contributed by atoms with E-state index in [0.29, 0.717) is 12.0 Å². The molecule has 0 aliphatic carbocycles. The fraction of sp³-hybridized carbons (Fsp3) is 0.500. The predicted octanol–water partition coefficient (Wildman–Crippen LogP) is 2.83. The van der Waals surface area contributed by atoms with E-state index in [4.69, 9.17) is 10.4 Å². The summed E-state index contributed by atoms with van der Waals surface area (Å²) >= 11 is 0. The van der Waals surface area contributed by atoms with Gasteiger partial charge < -0.3 is 10.4 Å². The molecule has 1 atom stereocenters. The van der Waals surface area contributed by atoms with Gasteiger partial charge in [-0.25, -0.2) is 0 Å². The lowest BCUT2D eigenvalue weighted by molar-refractivity contribution is 0.252. The van der Waals surface area contributed by atoms with Crippen molar-refractivity contribution in [3.63, 3.8) is 0 Å². The minimum atomic E-state index is -0.102. The molecule has 0 amide bonds. The Kier molecular flexibility index (Phi) is 4.53. The highest BCUT2D eigenvalue weighted by atomic mass is 16.3. The molecule has 0 bridgehead atoms. The van der Waals surface area contributed by atoms with E-state index in [1.165, 1.54) is 0 Å². The van der Waals surface area contributed by atoms with Gasteiger partial charge in [-0.2, -0.15) is 5.26 Å². The van der Waals surface area contributed by atoms with Gasteiger partial charge in [0.15, 0.2) is 0 Å². The van der Waals surface area contributed by atoms with Crippen LogP contribution in [0.5, 0.6) is 0 Å². The van der Waals surface area contributed by atoms with Crippen molar-refractivity contribution in [2.75, 3.05) is 11.9 Å². The van der Waals surface area contributed by atoms with Crippen molar-refractivity contribution in [1.82, 2.24) is 0 Å². The van der Waals surface area contributed by atoms with Crippen molar-refractivity contribution in [1.29, 1.82) is 5.26 Å². The van der Waals surface area contributed by atoms with Crippen LogP contribution in [0.4, 0.5) is 5.69 Å². The van der Waals surface area contributed by atoms with E-state index in [1.807, 2.05) is 25.1 Å². The second kappa shape index (κ2) is 5.70. The molecule has 3 heteroatoms. The highest BCUT2D eigenvalue weighted by Crippen LogP contribution is 2.23. The molecule has 0 fully saturated rings. The maximum Gasteiger partial charge on any atom is 0.0994 e. The van der Waals surface area contributed by atoms with Gasteiger partial charge in [0.25, 0.3) is 0 Å². The van der Waals surface area contributed by atoms with E-state index in [9.17, 15) is 0 Å². The molecule has 0 radical (unpaired) electrons. The number of aliphatic hydroxyl groups is 1. The largest absolute Gasteiger partial charge is 0.396 e. The Bertz CT molecular complexity index is 423. The van der Waals surface area contributed by atoms with Crippen LogP contribution in [0.25, 0.3) is 0 Å². The smallest absolute Gasteiger partial charge is 0.0994 e. The van der Waals surface area contributed by atoms with Gasteiger partial charge in [0.2, 0.25) is 0 Å². The third-order valence-corrected chi connectivity index (χ3v) is 3.24. The van der Waals surface area contributed by atoms with E-state index >= 15 is 0 Å². The lowest BCUT2D eigenvalue weighted by Gasteiger charge is -2.30.